The number of nitriles is 1. The lowest BCUT2D eigenvalue weighted by Crippen LogP contribution is -2.35. The van der Waals surface area contributed by atoms with Gasteiger partial charge in [-0.15, -0.1) is 5.10 Å². The molecule has 0 amide bonds. The minimum absolute atomic E-state index is 0.0835. The molecule has 1 N–H and O–H groups in total. The second kappa shape index (κ2) is 5.17. The molecule has 0 saturated carbocycles. The minimum Gasteiger partial charge on any atom is -0.392 e. The van der Waals surface area contributed by atoms with Gasteiger partial charge in [0.2, 0.25) is 5.89 Å². The first-order chi connectivity index (χ1) is 9.76. The molecule has 0 aliphatic carbocycles. The molecule has 7 nitrogen and oxygen atoms in total. The fraction of sp³-hybridized carbons (Fsp3) is 0.385. The molecule has 1 aliphatic heterocycles. The lowest BCUT2D eigenvalue weighted by molar-refractivity contribution is 0.384. The van der Waals surface area contributed by atoms with Crippen LogP contribution in [0.5, 0.6) is 0 Å². The third kappa shape index (κ3) is 2.40. The zero-order valence-electron chi connectivity index (χ0n) is 10.7. The normalized spacial score (nSPS) is 18.8. The summed E-state index contributed by atoms with van der Waals surface area (Å²) in [6.45, 7) is 1.59. The van der Waals surface area contributed by atoms with E-state index in [1.165, 1.54) is 0 Å². The molecule has 102 valence electrons. The summed E-state index contributed by atoms with van der Waals surface area (Å²) in [7, 11) is 0. The van der Waals surface area contributed by atoms with E-state index in [9.17, 15) is 4.79 Å². The molecule has 0 radical (unpaired) electrons. The van der Waals surface area contributed by atoms with Gasteiger partial charge in [-0.1, -0.05) is 0 Å². The van der Waals surface area contributed by atoms with Crippen molar-refractivity contribution < 1.29 is 4.42 Å². The first kappa shape index (κ1) is 12.4. The van der Waals surface area contributed by atoms with E-state index in [2.05, 4.69) is 20.1 Å². The van der Waals surface area contributed by atoms with Crippen LogP contribution in [-0.4, -0.2) is 28.3 Å². The highest BCUT2D eigenvalue weighted by atomic mass is 16.4. The summed E-state index contributed by atoms with van der Waals surface area (Å²) >= 11 is 0. The van der Waals surface area contributed by atoms with E-state index in [1.54, 1.807) is 12.3 Å². The number of piperidine rings is 1. The summed E-state index contributed by atoms with van der Waals surface area (Å²) < 4.78 is 5.03. The number of hydrogen-bond donors (Lipinski definition) is 1. The Balaban J connectivity index is 1.77. The molecule has 2 aromatic rings. The highest BCUT2D eigenvalue weighted by Gasteiger charge is 2.26. The average molecular weight is 271 g/mol. The lowest BCUT2D eigenvalue weighted by Gasteiger charge is -2.31. The largest absolute Gasteiger partial charge is 0.434 e. The zero-order chi connectivity index (χ0) is 13.9. The molecular weight excluding hydrogens is 258 g/mol. The molecule has 20 heavy (non-hydrogen) atoms. The molecular formula is C13H13N5O2. The summed E-state index contributed by atoms with van der Waals surface area (Å²) in [5, 5.41) is 15.0. The van der Waals surface area contributed by atoms with Crippen molar-refractivity contribution in [2.45, 2.75) is 18.8 Å². The smallest absolute Gasteiger partial charge is 0.392 e. The van der Waals surface area contributed by atoms with E-state index < -0.39 is 5.76 Å². The summed E-state index contributed by atoms with van der Waals surface area (Å²) in [6, 6.07) is 5.64. The molecule has 2 aromatic heterocycles. The molecule has 1 fully saturated rings. The number of aromatic amines is 1. The number of hydrogen-bond acceptors (Lipinski definition) is 6. The van der Waals surface area contributed by atoms with Crippen LogP contribution in [0.1, 0.15) is 30.2 Å². The van der Waals surface area contributed by atoms with E-state index >= 15 is 0 Å². The van der Waals surface area contributed by atoms with Gasteiger partial charge in [-0.05, 0) is 25.0 Å². The maximum absolute atomic E-state index is 11.0. The van der Waals surface area contributed by atoms with Gasteiger partial charge in [0, 0.05) is 19.3 Å². The number of aromatic nitrogens is 3. The van der Waals surface area contributed by atoms with Crippen LogP contribution < -0.4 is 10.7 Å². The van der Waals surface area contributed by atoms with Crippen LogP contribution in [0.15, 0.2) is 27.5 Å². The van der Waals surface area contributed by atoms with Crippen molar-refractivity contribution in [2.24, 2.45) is 0 Å². The summed E-state index contributed by atoms with van der Waals surface area (Å²) in [4.78, 5) is 17.4. The maximum Gasteiger partial charge on any atom is 0.434 e. The quantitative estimate of drug-likeness (QED) is 0.875. The maximum atomic E-state index is 11.0. The van der Waals surface area contributed by atoms with Crippen molar-refractivity contribution in [3.8, 4) is 6.07 Å². The fourth-order valence-corrected chi connectivity index (χ4v) is 2.44. The van der Waals surface area contributed by atoms with Gasteiger partial charge in [-0.2, -0.15) is 5.26 Å². The summed E-state index contributed by atoms with van der Waals surface area (Å²) in [6.07, 6.45) is 3.47. The Hall–Kier alpha value is -2.62. The van der Waals surface area contributed by atoms with Crippen molar-refractivity contribution in [3.63, 3.8) is 0 Å². The molecule has 0 spiro atoms. The average Bonchev–Trinajstić information content (AvgIpc) is 2.94. The number of H-pyrrole nitrogens is 1. The summed E-state index contributed by atoms with van der Waals surface area (Å²) in [5.74, 6) is 0.841. The Morgan fingerprint density at radius 3 is 3.05 bits per heavy atom. The van der Waals surface area contributed by atoms with Gasteiger partial charge in [0.05, 0.1) is 11.5 Å². The highest BCUT2D eigenvalue weighted by Crippen LogP contribution is 2.27. The monoisotopic (exact) mass is 271 g/mol. The fourth-order valence-electron chi connectivity index (χ4n) is 2.44. The Bertz CT molecular complexity index is 682. The highest BCUT2D eigenvalue weighted by molar-refractivity contribution is 5.42. The van der Waals surface area contributed by atoms with Crippen molar-refractivity contribution in [2.75, 3.05) is 18.0 Å². The van der Waals surface area contributed by atoms with Crippen LogP contribution in [0, 0.1) is 11.3 Å². The van der Waals surface area contributed by atoms with Gasteiger partial charge in [0.25, 0.3) is 0 Å². The predicted molar refractivity (Wildman–Crippen MR) is 70.3 cm³/mol. The van der Waals surface area contributed by atoms with Gasteiger partial charge in [0.1, 0.15) is 11.9 Å². The summed E-state index contributed by atoms with van der Waals surface area (Å²) in [5.41, 5.74) is 0.542. The van der Waals surface area contributed by atoms with Crippen LogP contribution in [-0.2, 0) is 0 Å². The molecule has 0 aromatic carbocycles. The number of nitrogens with one attached hydrogen (secondary N) is 1. The Morgan fingerprint density at radius 2 is 2.40 bits per heavy atom. The number of anilines is 1. The standard InChI is InChI=1S/C13H13N5O2/c14-6-9-3-4-11(15-7-9)18-5-1-2-10(8-18)12-16-17-13(19)20-12/h3-4,7,10H,1-2,5,8H2,(H,17,19)/t10-/m1/s1. The van der Waals surface area contributed by atoms with Crippen molar-refractivity contribution >= 4 is 5.82 Å². The zero-order valence-corrected chi connectivity index (χ0v) is 10.7. The topological polar surface area (TPSA) is 98.8 Å². The van der Waals surface area contributed by atoms with Crippen molar-refractivity contribution in [1.29, 1.82) is 5.26 Å². The molecule has 3 rings (SSSR count). The number of rotatable bonds is 2. The van der Waals surface area contributed by atoms with Crippen LogP contribution in [0.3, 0.4) is 0 Å². The minimum atomic E-state index is -0.520. The number of nitrogens with zero attached hydrogens (tertiary/aromatic N) is 4. The van der Waals surface area contributed by atoms with E-state index in [0.717, 1.165) is 25.2 Å². The molecule has 7 heteroatoms. The molecule has 0 bridgehead atoms. The Kier molecular flexibility index (Phi) is 3.21. The first-order valence-electron chi connectivity index (χ1n) is 6.43. The van der Waals surface area contributed by atoms with Gasteiger partial charge < -0.3 is 9.32 Å². The van der Waals surface area contributed by atoms with Gasteiger partial charge in [0.15, 0.2) is 0 Å². The van der Waals surface area contributed by atoms with Gasteiger partial charge >= 0.3 is 5.76 Å². The van der Waals surface area contributed by atoms with E-state index in [1.807, 2.05) is 12.1 Å². The van der Waals surface area contributed by atoms with E-state index in [4.69, 9.17) is 9.68 Å². The third-order valence-corrected chi connectivity index (χ3v) is 3.43. The third-order valence-electron chi connectivity index (χ3n) is 3.43. The van der Waals surface area contributed by atoms with Gasteiger partial charge in [-0.3, -0.25) is 0 Å². The Labute approximate surface area is 114 Å². The Morgan fingerprint density at radius 1 is 1.50 bits per heavy atom. The lowest BCUT2D eigenvalue weighted by atomic mass is 9.98. The molecule has 1 saturated heterocycles. The van der Waals surface area contributed by atoms with E-state index in [0.29, 0.717) is 18.0 Å². The van der Waals surface area contributed by atoms with Crippen LogP contribution in [0.2, 0.25) is 0 Å². The van der Waals surface area contributed by atoms with Crippen LogP contribution >= 0.6 is 0 Å². The predicted octanol–water partition coefficient (Wildman–Crippen LogP) is 1.01. The van der Waals surface area contributed by atoms with Gasteiger partial charge in [-0.25, -0.2) is 14.9 Å². The van der Waals surface area contributed by atoms with Crippen molar-refractivity contribution in [3.05, 3.63) is 40.3 Å². The molecule has 0 unspecified atom stereocenters. The SMILES string of the molecule is N#Cc1ccc(N2CCC[C@@H](c3n[nH]c(=O)o3)C2)nc1. The number of pyridine rings is 1. The second-order valence-electron chi connectivity index (χ2n) is 4.75. The first-order valence-corrected chi connectivity index (χ1v) is 6.43. The van der Waals surface area contributed by atoms with E-state index in [-0.39, 0.29) is 5.92 Å². The van der Waals surface area contributed by atoms with Crippen LogP contribution in [0.4, 0.5) is 5.82 Å². The molecule has 3 heterocycles. The molecule has 1 aliphatic rings. The molecule has 1 atom stereocenters. The van der Waals surface area contributed by atoms with Crippen LogP contribution in [0.25, 0.3) is 0 Å². The van der Waals surface area contributed by atoms with Crippen molar-refractivity contribution in [1.82, 2.24) is 15.2 Å². The second-order valence-corrected chi connectivity index (χ2v) is 4.75.